The zero-order chi connectivity index (χ0) is 40.0. The fourth-order valence-corrected chi connectivity index (χ4v) is 8.34. The molecule has 0 unspecified atom stereocenters. The largest absolute Gasteiger partial charge is 0.377 e. The number of nitrogens with zero attached hydrogens (tertiary/aromatic N) is 10. The Hall–Kier alpha value is -6.52. The van der Waals surface area contributed by atoms with Gasteiger partial charge in [0.05, 0.1) is 62.3 Å². The molecule has 296 valence electrons. The summed E-state index contributed by atoms with van der Waals surface area (Å²) in [6.07, 6.45) is 7.94. The van der Waals surface area contributed by atoms with Crippen molar-refractivity contribution in [2.45, 2.75) is 37.8 Å². The Labute approximate surface area is 334 Å². The minimum atomic E-state index is -0.734. The second-order valence-electron chi connectivity index (χ2n) is 14.6. The molecule has 2 atom stereocenters. The lowest BCUT2D eigenvalue weighted by molar-refractivity contribution is -0.129. The fourth-order valence-electron chi connectivity index (χ4n) is 8.34. The summed E-state index contributed by atoms with van der Waals surface area (Å²) < 4.78 is 22.4. The molecule has 2 fully saturated rings. The van der Waals surface area contributed by atoms with Gasteiger partial charge in [-0.2, -0.15) is 0 Å². The predicted molar refractivity (Wildman–Crippen MR) is 215 cm³/mol. The third kappa shape index (κ3) is 5.81. The molecule has 16 heteroatoms. The van der Waals surface area contributed by atoms with E-state index >= 15 is 0 Å². The topological polar surface area (TPSA) is 169 Å². The van der Waals surface area contributed by atoms with Crippen LogP contribution in [0.15, 0.2) is 94.5 Å². The van der Waals surface area contributed by atoms with Gasteiger partial charge >= 0.3 is 0 Å². The van der Waals surface area contributed by atoms with Crippen LogP contribution in [-0.2, 0) is 19.1 Å². The van der Waals surface area contributed by atoms with Crippen molar-refractivity contribution < 1.29 is 28.1 Å². The maximum atomic E-state index is 13.2. The molecule has 2 aromatic carbocycles. The fraction of sp³-hybridized carbons (Fsp3) is 0.333. The van der Waals surface area contributed by atoms with E-state index in [1.165, 1.54) is 0 Å². The van der Waals surface area contributed by atoms with E-state index in [2.05, 4.69) is 30.1 Å². The number of amides is 2. The van der Waals surface area contributed by atoms with Crippen LogP contribution in [0.3, 0.4) is 0 Å². The minimum absolute atomic E-state index is 0.0125. The first-order chi connectivity index (χ1) is 28.3. The van der Waals surface area contributed by atoms with Crippen LogP contribution in [0.2, 0.25) is 0 Å². The molecule has 0 radical (unpaired) electrons. The zero-order valence-electron chi connectivity index (χ0n) is 32.7. The van der Waals surface area contributed by atoms with Gasteiger partial charge in [-0.15, -0.1) is 0 Å². The first kappa shape index (κ1) is 37.1. The zero-order valence-corrected chi connectivity index (χ0v) is 32.7. The van der Waals surface area contributed by atoms with Crippen molar-refractivity contribution in [1.82, 2.24) is 30.2 Å². The van der Waals surface area contributed by atoms with Crippen LogP contribution in [0.4, 0.5) is 23.0 Å². The number of rotatable bonds is 6. The summed E-state index contributed by atoms with van der Waals surface area (Å²) in [5.74, 6) is 3.78. The van der Waals surface area contributed by atoms with Crippen molar-refractivity contribution in [3.05, 3.63) is 85.5 Å². The first-order valence-electron chi connectivity index (χ1n) is 19.3. The SMILES string of the molecule is CC[C@@]12COCCN1c1nc(-c3cnoc3-c3ccccc3)ncc1N(C)C2=O.CC[C@]12COCCN1c1nc(-c3cnoc3-c3ccccc3)ncc1N(C)C2=O. The maximum Gasteiger partial charge on any atom is 0.255 e. The van der Waals surface area contributed by atoms with Gasteiger partial charge in [0.2, 0.25) is 0 Å². The lowest BCUT2D eigenvalue weighted by atomic mass is 9.89. The quantitative estimate of drug-likeness (QED) is 0.207. The van der Waals surface area contributed by atoms with Crippen LogP contribution in [0.5, 0.6) is 0 Å². The molecule has 2 saturated heterocycles. The van der Waals surface area contributed by atoms with E-state index in [9.17, 15) is 9.59 Å². The third-order valence-electron chi connectivity index (χ3n) is 11.6. The highest BCUT2D eigenvalue weighted by molar-refractivity contribution is 6.08. The summed E-state index contributed by atoms with van der Waals surface area (Å²) in [6.45, 7) is 7.04. The average molecular weight is 783 g/mol. The van der Waals surface area contributed by atoms with E-state index in [0.29, 0.717) is 98.0 Å². The second-order valence-corrected chi connectivity index (χ2v) is 14.6. The minimum Gasteiger partial charge on any atom is -0.377 e. The summed E-state index contributed by atoms with van der Waals surface area (Å²) in [5.41, 5.74) is 3.17. The number of ether oxygens (including phenoxy) is 2. The van der Waals surface area contributed by atoms with Gasteiger partial charge in [0.25, 0.3) is 11.8 Å². The lowest BCUT2D eigenvalue weighted by Crippen LogP contribution is -2.68. The molecule has 4 aliphatic heterocycles. The van der Waals surface area contributed by atoms with Crippen molar-refractivity contribution in [1.29, 1.82) is 0 Å². The predicted octanol–water partition coefficient (Wildman–Crippen LogP) is 5.52. The van der Waals surface area contributed by atoms with Crippen LogP contribution in [-0.4, -0.2) is 107 Å². The Morgan fingerprint density at radius 2 is 1.02 bits per heavy atom. The standard InChI is InChI=1S/2C21H21N5O3/c2*1-3-21-13-28-10-9-26(21)19-16(25(2)20(21)27)12-22-18(24-19)15-11-23-29-17(15)14-7-5-4-6-8-14/h2*4-8,11-12H,3,9-10,13H2,1-2H3/t2*21-/m10/s1. The van der Waals surface area contributed by atoms with Crippen molar-refractivity contribution in [2.24, 2.45) is 0 Å². The first-order valence-corrected chi connectivity index (χ1v) is 19.3. The van der Waals surface area contributed by atoms with Gasteiger partial charge in [0.15, 0.2) is 34.8 Å². The van der Waals surface area contributed by atoms with Crippen LogP contribution >= 0.6 is 0 Å². The van der Waals surface area contributed by atoms with Crippen LogP contribution in [0.1, 0.15) is 26.7 Å². The average Bonchev–Trinajstić information content (AvgIpc) is 3.99. The third-order valence-corrected chi connectivity index (χ3v) is 11.6. The van der Waals surface area contributed by atoms with Gasteiger partial charge in [0.1, 0.15) is 22.5 Å². The Morgan fingerprint density at radius 1 is 0.603 bits per heavy atom. The molecule has 0 N–H and O–H groups in total. The summed E-state index contributed by atoms with van der Waals surface area (Å²) >= 11 is 0. The van der Waals surface area contributed by atoms with E-state index in [-0.39, 0.29) is 11.8 Å². The highest BCUT2D eigenvalue weighted by Crippen LogP contribution is 2.44. The molecule has 0 bridgehead atoms. The number of carbonyl (C=O) groups excluding carboxylic acids is 2. The Morgan fingerprint density at radius 3 is 1.41 bits per heavy atom. The second kappa shape index (κ2) is 14.8. The smallest absolute Gasteiger partial charge is 0.255 e. The highest BCUT2D eigenvalue weighted by atomic mass is 16.5. The van der Waals surface area contributed by atoms with Crippen LogP contribution in [0, 0.1) is 0 Å². The number of hydrogen-bond acceptors (Lipinski definition) is 14. The molecule has 0 aliphatic carbocycles. The number of benzene rings is 2. The van der Waals surface area contributed by atoms with Crippen molar-refractivity contribution in [2.75, 3.05) is 73.2 Å². The molecular weight excluding hydrogens is 741 g/mol. The summed E-state index contributed by atoms with van der Waals surface area (Å²) in [6, 6.07) is 19.5. The molecule has 58 heavy (non-hydrogen) atoms. The Balaban J connectivity index is 0.000000150. The molecule has 8 heterocycles. The Kier molecular flexibility index (Phi) is 9.44. The molecule has 4 aromatic heterocycles. The number of likely N-dealkylation sites (N-methyl/N-ethyl adjacent to an activating group) is 2. The monoisotopic (exact) mass is 782 g/mol. The summed E-state index contributed by atoms with van der Waals surface area (Å²) in [4.78, 5) is 52.5. The summed E-state index contributed by atoms with van der Waals surface area (Å²) in [7, 11) is 3.53. The van der Waals surface area contributed by atoms with E-state index < -0.39 is 11.1 Å². The Bertz CT molecular complexity index is 2310. The van der Waals surface area contributed by atoms with Gasteiger partial charge in [-0.1, -0.05) is 84.8 Å². The normalized spacial score (nSPS) is 21.1. The molecule has 0 spiro atoms. The maximum absolute atomic E-state index is 13.2. The van der Waals surface area contributed by atoms with E-state index in [0.717, 1.165) is 22.8 Å². The lowest BCUT2D eigenvalue weighted by Gasteiger charge is -2.51. The number of morpholine rings is 2. The molecular formula is C42H42N10O6. The van der Waals surface area contributed by atoms with Gasteiger partial charge in [0, 0.05) is 38.3 Å². The van der Waals surface area contributed by atoms with Crippen LogP contribution < -0.4 is 19.6 Å². The molecule has 0 saturated carbocycles. The summed E-state index contributed by atoms with van der Waals surface area (Å²) in [5, 5.41) is 7.94. The molecule has 10 rings (SSSR count). The van der Waals surface area contributed by atoms with Gasteiger partial charge in [-0.25, -0.2) is 19.9 Å². The van der Waals surface area contributed by atoms with Crippen molar-refractivity contribution >= 4 is 34.8 Å². The van der Waals surface area contributed by atoms with Gasteiger partial charge in [-0.3, -0.25) is 9.59 Å². The molecule has 2 amide bonds. The molecule has 16 nitrogen and oxygen atoms in total. The number of anilines is 4. The molecule has 4 aliphatic rings. The van der Waals surface area contributed by atoms with Crippen LogP contribution in [0.25, 0.3) is 45.4 Å². The van der Waals surface area contributed by atoms with E-state index in [4.69, 9.17) is 28.5 Å². The molecule has 6 aromatic rings. The number of hydrogen-bond donors (Lipinski definition) is 0. The van der Waals surface area contributed by atoms with Crippen molar-refractivity contribution in [3.63, 3.8) is 0 Å². The van der Waals surface area contributed by atoms with E-state index in [1.54, 1.807) is 48.7 Å². The highest BCUT2D eigenvalue weighted by Gasteiger charge is 2.53. The van der Waals surface area contributed by atoms with Crippen molar-refractivity contribution in [3.8, 4) is 45.4 Å². The van der Waals surface area contributed by atoms with Gasteiger partial charge in [-0.05, 0) is 12.8 Å². The number of aromatic nitrogens is 6. The number of carbonyl (C=O) groups is 2. The van der Waals surface area contributed by atoms with E-state index in [1.807, 2.05) is 74.5 Å². The van der Waals surface area contributed by atoms with Gasteiger partial charge < -0.3 is 38.1 Å². The number of fused-ring (bicyclic) bond motifs is 6.